The summed E-state index contributed by atoms with van der Waals surface area (Å²) in [6, 6.07) is 7.31. The Morgan fingerprint density at radius 3 is 2.95 bits per heavy atom. The maximum atomic E-state index is 12.0. The number of halogens is 1. The van der Waals surface area contributed by atoms with Crippen LogP contribution in [0.25, 0.3) is 0 Å². The number of carbonyl (C=O) groups excluding carboxylic acids is 1. The van der Waals surface area contributed by atoms with E-state index >= 15 is 0 Å². The van der Waals surface area contributed by atoms with Gasteiger partial charge in [-0.05, 0) is 37.3 Å². The summed E-state index contributed by atoms with van der Waals surface area (Å²) < 4.78 is 0. The smallest absolute Gasteiger partial charge is 0.253 e. The van der Waals surface area contributed by atoms with Gasteiger partial charge in [-0.25, -0.2) is 5.53 Å². The van der Waals surface area contributed by atoms with Crippen LogP contribution in [-0.4, -0.2) is 17.7 Å². The zero-order valence-corrected chi connectivity index (χ0v) is 12.4. The van der Waals surface area contributed by atoms with Crippen molar-refractivity contribution in [2.45, 2.75) is 18.8 Å². The van der Waals surface area contributed by atoms with Crippen molar-refractivity contribution in [1.82, 2.24) is 5.32 Å². The molecule has 19 heavy (non-hydrogen) atoms. The number of hydrogen-bond acceptors (Lipinski definition) is 4. The van der Waals surface area contributed by atoms with Crippen molar-refractivity contribution in [3.8, 4) is 0 Å². The summed E-state index contributed by atoms with van der Waals surface area (Å²) in [5, 5.41) is 6.69. The Hall–Kier alpha value is -1.33. The Morgan fingerprint density at radius 2 is 2.37 bits per heavy atom. The standard InChI is InChI=1S/C13H16ClN3OS/c1-9(14)6-7-10-4-3-5-11(8-10)12(18)16-13(17-15)19-2/h3-6,8,13,15H,7H2,1-2H3,(H,16,18). The number of amides is 1. The van der Waals surface area contributed by atoms with E-state index in [1.807, 2.05) is 31.2 Å². The Kier molecular flexibility index (Phi) is 6.59. The molecule has 1 unspecified atom stereocenters. The second-order valence-corrected chi connectivity index (χ2v) is 5.40. The number of hydrogen-bond donors (Lipinski definition) is 2. The fourth-order valence-electron chi connectivity index (χ4n) is 1.44. The quantitative estimate of drug-likeness (QED) is 0.620. The molecule has 1 rings (SSSR count). The summed E-state index contributed by atoms with van der Waals surface area (Å²) >= 11 is 7.08. The van der Waals surface area contributed by atoms with Crippen molar-refractivity contribution in [2.75, 3.05) is 6.26 Å². The average molecular weight is 298 g/mol. The van der Waals surface area contributed by atoms with Gasteiger partial charge in [0.1, 0.15) is 0 Å². The van der Waals surface area contributed by atoms with E-state index in [0.717, 1.165) is 10.6 Å². The van der Waals surface area contributed by atoms with Gasteiger partial charge in [-0.15, -0.1) is 11.8 Å². The predicted octanol–water partition coefficient (Wildman–Crippen LogP) is 3.78. The Labute approximate surface area is 122 Å². The largest absolute Gasteiger partial charge is 0.320 e. The number of allylic oxidation sites excluding steroid dienone is 2. The van der Waals surface area contributed by atoms with Crippen LogP contribution in [0.15, 0.2) is 40.5 Å². The molecule has 1 atom stereocenters. The second-order valence-electron chi connectivity index (χ2n) is 3.89. The molecule has 0 aliphatic carbocycles. The summed E-state index contributed by atoms with van der Waals surface area (Å²) in [5.41, 5.74) is 7.96. The molecule has 1 aromatic carbocycles. The lowest BCUT2D eigenvalue weighted by atomic mass is 10.1. The van der Waals surface area contributed by atoms with Gasteiger partial charge in [-0.1, -0.05) is 29.8 Å². The molecular formula is C13H16ClN3OS. The van der Waals surface area contributed by atoms with Crippen LogP contribution in [0.4, 0.5) is 0 Å². The molecule has 1 amide bonds. The summed E-state index contributed by atoms with van der Waals surface area (Å²) in [6.45, 7) is 1.82. The number of nitrogens with one attached hydrogen (secondary N) is 2. The van der Waals surface area contributed by atoms with Crippen molar-refractivity contribution < 1.29 is 4.79 Å². The van der Waals surface area contributed by atoms with Gasteiger partial charge in [-0.3, -0.25) is 4.79 Å². The highest BCUT2D eigenvalue weighted by atomic mass is 35.5. The van der Waals surface area contributed by atoms with Crippen LogP contribution < -0.4 is 5.32 Å². The molecule has 0 radical (unpaired) electrons. The zero-order chi connectivity index (χ0) is 14.3. The molecule has 4 nitrogen and oxygen atoms in total. The maximum Gasteiger partial charge on any atom is 0.253 e. The fourth-order valence-corrected chi connectivity index (χ4v) is 1.84. The van der Waals surface area contributed by atoms with Gasteiger partial charge in [0.05, 0.1) is 0 Å². The van der Waals surface area contributed by atoms with Crippen molar-refractivity contribution in [3.63, 3.8) is 0 Å². The molecule has 0 fully saturated rings. The van der Waals surface area contributed by atoms with E-state index in [0.29, 0.717) is 12.0 Å². The minimum atomic E-state index is -0.541. The molecule has 102 valence electrons. The first-order valence-corrected chi connectivity index (χ1v) is 7.35. The maximum absolute atomic E-state index is 12.0. The molecule has 0 aromatic heterocycles. The average Bonchev–Trinajstić information content (AvgIpc) is 2.42. The number of nitrogens with zero attached hydrogens (tertiary/aromatic N) is 1. The zero-order valence-electron chi connectivity index (χ0n) is 10.8. The van der Waals surface area contributed by atoms with Crippen molar-refractivity contribution in [1.29, 1.82) is 5.53 Å². The predicted molar refractivity (Wildman–Crippen MR) is 79.7 cm³/mol. The minimum absolute atomic E-state index is 0.233. The van der Waals surface area contributed by atoms with Gasteiger partial charge < -0.3 is 5.32 Å². The first-order chi connectivity index (χ1) is 9.06. The van der Waals surface area contributed by atoms with Gasteiger partial charge in [-0.2, -0.15) is 5.11 Å². The lowest BCUT2D eigenvalue weighted by Gasteiger charge is -2.10. The first kappa shape index (κ1) is 15.7. The molecule has 6 heteroatoms. The van der Waals surface area contributed by atoms with Crippen LogP contribution in [0.1, 0.15) is 22.8 Å². The SMILES string of the molecule is CSC(N=N)NC(=O)c1cccc(CC=C(C)Cl)c1. The van der Waals surface area contributed by atoms with E-state index in [-0.39, 0.29) is 5.91 Å². The van der Waals surface area contributed by atoms with Crippen LogP contribution in [0.3, 0.4) is 0 Å². The third-order valence-corrected chi connectivity index (χ3v) is 3.23. The number of thioether (sulfide) groups is 1. The Morgan fingerprint density at radius 1 is 1.63 bits per heavy atom. The monoisotopic (exact) mass is 297 g/mol. The summed E-state index contributed by atoms with van der Waals surface area (Å²) in [7, 11) is 0. The van der Waals surface area contributed by atoms with Crippen molar-refractivity contribution in [2.24, 2.45) is 5.11 Å². The van der Waals surface area contributed by atoms with Gasteiger partial charge >= 0.3 is 0 Å². The molecular weight excluding hydrogens is 282 g/mol. The summed E-state index contributed by atoms with van der Waals surface area (Å²) in [4.78, 5) is 12.0. The van der Waals surface area contributed by atoms with E-state index < -0.39 is 5.50 Å². The number of carbonyl (C=O) groups is 1. The van der Waals surface area contributed by atoms with Gasteiger partial charge in [0.15, 0.2) is 5.50 Å². The molecule has 0 aliphatic rings. The van der Waals surface area contributed by atoms with Crippen LogP contribution >= 0.6 is 23.4 Å². The molecule has 2 N–H and O–H groups in total. The summed E-state index contributed by atoms with van der Waals surface area (Å²) in [5.74, 6) is -0.233. The number of benzene rings is 1. The van der Waals surface area contributed by atoms with Crippen LogP contribution in [0, 0.1) is 5.53 Å². The Balaban J connectivity index is 2.78. The van der Waals surface area contributed by atoms with E-state index in [2.05, 4.69) is 10.4 Å². The Bertz CT molecular complexity index is 487. The molecule has 0 saturated carbocycles. The highest BCUT2D eigenvalue weighted by Crippen LogP contribution is 2.11. The van der Waals surface area contributed by atoms with E-state index in [4.69, 9.17) is 17.1 Å². The highest BCUT2D eigenvalue weighted by Gasteiger charge is 2.11. The van der Waals surface area contributed by atoms with E-state index in [1.54, 1.807) is 12.3 Å². The highest BCUT2D eigenvalue weighted by molar-refractivity contribution is 7.99. The summed E-state index contributed by atoms with van der Waals surface area (Å²) in [6.07, 6.45) is 4.36. The lowest BCUT2D eigenvalue weighted by molar-refractivity contribution is 0.0949. The van der Waals surface area contributed by atoms with E-state index in [9.17, 15) is 4.79 Å². The van der Waals surface area contributed by atoms with Gasteiger partial charge in [0, 0.05) is 10.6 Å². The molecule has 0 aliphatic heterocycles. The van der Waals surface area contributed by atoms with Gasteiger partial charge in [0.25, 0.3) is 5.91 Å². The van der Waals surface area contributed by atoms with Gasteiger partial charge in [0.2, 0.25) is 0 Å². The third-order valence-electron chi connectivity index (χ3n) is 2.40. The topological polar surface area (TPSA) is 65.3 Å². The van der Waals surface area contributed by atoms with Crippen LogP contribution in [-0.2, 0) is 6.42 Å². The molecule has 0 bridgehead atoms. The molecule has 1 aromatic rings. The lowest BCUT2D eigenvalue weighted by Crippen LogP contribution is -2.30. The van der Waals surface area contributed by atoms with Crippen molar-refractivity contribution >= 4 is 29.3 Å². The van der Waals surface area contributed by atoms with E-state index in [1.165, 1.54) is 11.8 Å². The van der Waals surface area contributed by atoms with Crippen molar-refractivity contribution in [3.05, 3.63) is 46.5 Å². The second kappa shape index (κ2) is 7.96. The fraction of sp³-hybridized carbons (Fsp3) is 0.308. The molecule has 0 saturated heterocycles. The minimum Gasteiger partial charge on any atom is -0.320 e. The third kappa shape index (κ3) is 5.44. The number of rotatable bonds is 6. The molecule has 0 spiro atoms. The van der Waals surface area contributed by atoms with Crippen LogP contribution in [0.5, 0.6) is 0 Å². The first-order valence-electron chi connectivity index (χ1n) is 5.68. The molecule has 0 heterocycles. The normalized spacial score (nSPS) is 12.9. The van der Waals surface area contributed by atoms with Crippen LogP contribution in [0.2, 0.25) is 0 Å².